The van der Waals surface area contributed by atoms with E-state index in [2.05, 4.69) is 10.6 Å². The van der Waals surface area contributed by atoms with Crippen LogP contribution >= 0.6 is 11.6 Å². The number of methoxy groups -OCH3 is 2. The van der Waals surface area contributed by atoms with Gasteiger partial charge in [0.1, 0.15) is 0 Å². The Bertz CT molecular complexity index is 903. The van der Waals surface area contributed by atoms with Crippen LogP contribution in [0.2, 0.25) is 5.02 Å². The summed E-state index contributed by atoms with van der Waals surface area (Å²) in [5, 5.41) is 6.31. The van der Waals surface area contributed by atoms with E-state index in [-0.39, 0.29) is 30.8 Å². The van der Waals surface area contributed by atoms with E-state index >= 15 is 0 Å². The fourth-order valence-corrected chi connectivity index (χ4v) is 3.43. The first-order valence-electron chi connectivity index (χ1n) is 8.81. The topological polar surface area (TPSA) is 79.9 Å². The summed E-state index contributed by atoms with van der Waals surface area (Å²) in [6.45, 7) is 1.85. The molecule has 28 heavy (non-hydrogen) atoms. The highest BCUT2D eigenvalue weighted by molar-refractivity contribution is 6.33. The van der Waals surface area contributed by atoms with Gasteiger partial charge in [-0.2, -0.15) is 0 Å². The van der Waals surface area contributed by atoms with Gasteiger partial charge in [-0.15, -0.1) is 0 Å². The van der Waals surface area contributed by atoms with Crippen molar-refractivity contribution in [1.82, 2.24) is 0 Å². The van der Waals surface area contributed by atoms with Gasteiger partial charge in [0.25, 0.3) is 0 Å². The van der Waals surface area contributed by atoms with Crippen molar-refractivity contribution in [3.8, 4) is 11.5 Å². The standard InChI is InChI=1S/C20H22ClN3O4/c1-12-8-19(25)23-14-6-4-5-7-16(14)24(12)20(26)11-22-15-10-18(28-3)17(27-2)9-13(15)21/h4-7,9-10,12,22H,8,11H2,1-3H3,(H,23,25)/t12-/m1/s1. The molecule has 148 valence electrons. The Balaban J connectivity index is 1.82. The first kappa shape index (κ1) is 19.8. The van der Waals surface area contributed by atoms with E-state index in [9.17, 15) is 9.59 Å². The SMILES string of the molecule is COc1cc(Cl)c(NCC(=O)N2c3ccccc3NC(=O)C[C@H]2C)cc1OC. The molecule has 0 bridgehead atoms. The number of carbonyl (C=O) groups is 2. The van der Waals surface area contributed by atoms with Crippen LogP contribution in [-0.2, 0) is 9.59 Å². The van der Waals surface area contributed by atoms with E-state index in [1.165, 1.54) is 14.2 Å². The van der Waals surface area contributed by atoms with E-state index in [1.807, 2.05) is 25.1 Å². The molecule has 0 saturated heterocycles. The molecule has 2 aromatic carbocycles. The van der Waals surface area contributed by atoms with Gasteiger partial charge < -0.3 is 25.0 Å². The van der Waals surface area contributed by atoms with Gasteiger partial charge in [0.15, 0.2) is 11.5 Å². The first-order valence-corrected chi connectivity index (χ1v) is 9.18. The molecule has 1 atom stereocenters. The lowest BCUT2D eigenvalue weighted by molar-refractivity contribution is -0.118. The van der Waals surface area contributed by atoms with Crippen molar-refractivity contribution in [3.05, 3.63) is 41.4 Å². The molecule has 0 radical (unpaired) electrons. The van der Waals surface area contributed by atoms with Crippen LogP contribution < -0.4 is 25.0 Å². The lowest BCUT2D eigenvalue weighted by atomic mass is 10.1. The highest BCUT2D eigenvalue weighted by Crippen LogP contribution is 2.36. The van der Waals surface area contributed by atoms with Crippen molar-refractivity contribution in [3.63, 3.8) is 0 Å². The molecule has 1 aliphatic rings. The summed E-state index contributed by atoms with van der Waals surface area (Å²) in [6.07, 6.45) is 0.220. The molecule has 2 N–H and O–H groups in total. The maximum Gasteiger partial charge on any atom is 0.246 e. The number of hydrogen-bond donors (Lipinski definition) is 2. The Morgan fingerprint density at radius 2 is 1.93 bits per heavy atom. The fraction of sp³-hybridized carbons (Fsp3) is 0.300. The monoisotopic (exact) mass is 403 g/mol. The largest absolute Gasteiger partial charge is 0.493 e. The lowest BCUT2D eigenvalue weighted by Crippen LogP contribution is -2.42. The van der Waals surface area contributed by atoms with Crippen LogP contribution in [0.5, 0.6) is 11.5 Å². The second-order valence-electron chi connectivity index (χ2n) is 6.42. The molecule has 2 amide bonds. The number of para-hydroxylation sites is 2. The minimum atomic E-state index is -0.279. The molecule has 7 nitrogen and oxygen atoms in total. The third-order valence-corrected chi connectivity index (χ3v) is 4.84. The zero-order chi connectivity index (χ0) is 20.3. The molecule has 8 heteroatoms. The predicted octanol–water partition coefficient (Wildman–Crippen LogP) is 3.53. The molecular weight excluding hydrogens is 382 g/mol. The van der Waals surface area contributed by atoms with Gasteiger partial charge in [-0.05, 0) is 19.1 Å². The quantitative estimate of drug-likeness (QED) is 0.798. The fourth-order valence-electron chi connectivity index (χ4n) is 3.21. The summed E-state index contributed by atoms with van der Waals surface area (Å²) >= 11 is 6.28. The van der Waals surface area contributed by atoms with Gasteiger partial charge in [0, 0.05) is 24.6 Å². The minimum Gasteiger partial charge on any atom is -0.493 e. The van der Waals surface area contributed by atoms with Crippen LogP contribution in [0.1, 0.15) is 13.3 Å². The number of benzene rings is 2. The third-order valence-electron chi connectivity index (χ3n) is 4.53. The number of fused-ring (bicyclic) bond motifs is 1. The number of carbonyl (C=O) groups excluding carboxylic acids is 2. The summed E-state index contributed by atoms with van der Waals surface area (Å²) in [5.41, 5.74) is 1.85. The van der Waals surface area contributed by atoms with E-state index in [0.29, 0.717) is 33.6 Å². The Hall–Kier alpha value is -2.93. The van der Waals surface area contributed by atoms with E-state index < -0.39 is 0 Å². The average Bonchev–Trinajstić information content (AvgIpc) is 2.80. The van der Waals surface area contributed by atoms with Crippen molar-refractivity contribution in [2.24, 2.45) is 0 Å². The Morgan fingerprint density at radius 3 is 2.64 bits per heavy atom. The number of anilines is 3. The number of ether oxygens (including phenoxy) is 2. The molecule has 0 aromatic heterocycles. The minimum absolute atomic E-state index is 0.00205. The van der Waals surface area contributed by atoms with Crippen molar-refractivity contribution in [2.45, 2.75) is 19.4 Å². The van der Waals surface area contributed by atoms with Crippen LogP contribution in [0.4, 0.5) is 17.1 Å². The maximum absolute atomic E-state index is 13.0. The second kappa shape index (κ2) is 8.39. The molecule has 1 heterocycles. The number of nitrogens with one attached hydrogen (secondary N) is 2. The normalized spacial score (nSPS) is 15.9. The molecule has 0 spiro atoms. The van der Waals surface area contributed by atoms with Crippen molar-refractivity contribution < 1.29 is 19.1 Å². The van der Waals surface area contributed by atoms with Gasteiger partial charge in [-0.1, -0.05) is 23.7 Å². The molecular formula is C20H22ClN3O4. The summed E-state index contributed by atoms with van der Waals surface area (Å²) in [4.78, 5) is 26.7. The Labute approximate surface area is 168 Å². The third kappa shape index (κ3) is 3.99. The van der Waals surface area contributed by atoms with E-state index in [1.54, 1.807) is 23.1 Å². The summed E-state index contributed by atoms with van der Waals surface area (Å²) in [6, 6.07) is 10.3. The van der Waals surface area contributed by atoms with Crippen LogP contribution in [-0.4, -0.2) is 38.6 Å². The van der Waals surface area contributed by atoms with E-state index in [4.69, 9.17) is 21.1 Å². The summed E-state index contributed by atoms with van der Waals surface area (Å²) < 4.78 is 10.5. The van der Waals surface area contributed by atoms with Crippen LogP contribution in [0.15, 0.2) is 36.4 Å². The zero-order valence-electron chi connectivity index (χ0n) is 15.9. The summed E-state index contributed by atoms with van der Waals surface area (Å²) in [7, 11) is 3.05. The zero-order valence-corrected chi connectivity index (χ0v) is 16.7. The van der Waals surface area contributed by atoms with E-state index in [0.717, 1.165) is 0 Å². The number of nitrogens with zero attached hydrogens (tertiary/aromatic N) is 1. The highest BCUT2D eigenvalue weighted by Gasteiger charge is 2.29. The molecule has 0 aliphatic carbocycles. The molecule has 2 aromatic rings. The first-order chi connectivity index (χ1) is 13.4. The van der Waals surface area contributed by atoms with Gasteiger partial charge in [0.05, 0.1) is 42.8 Å². The van der Waals surface area contributed by atoms with Crippen LogP contribution in [0.3, 0.4) is 0 Å². The number of amides is 2. The van der Waals surface area contributed by atoms with Crippen molar-refractivity contribution in [1.29, 1.82) is 0 Å². The van der Waals surface area contributed by atoms with Crippen LogP contribution in [0, 0.1) is 0 Å². The average molecular weight is 404 g/mol. The van der Waals surface area contributed by atoms with Crippen molar-refractivity contribution >= 4 is 40.5 Å². The van der Waals surface area contributed by atoms with Gasteiger partial charge in [-0.25, -0.2) is 0 Å². The molecule has 1 aliphatic heterocycles. The molecule has 0 unspecified atom stereocenters. The number of halogens is 1. The lowest BCUT2D eigenvalue weighted by Gasteiger charge is -2.28. The van der Waals surface area contributed by atoms with Gasteiger partial charge >= 0.3 is 0 Å². The molecule has 0 saturated carbocycles. The molecule has 0 fully saturated rings. The summed E-state index contributed by atoms with van der Waals surface area (Å²) in [5.74, 6) is 0.711. The molecule has 3 rings (SSSR count). The predicted molar refractivity (Wildman–Crippen MR) is 110 cm³/mol. The number of hydrogen-bond acceptors (Lipinski definition) is 5. The van der Waals surface area contributed by atoms with Gasteiger partial charge in [-0.3, -0.25) is 9.59 Å². The maximum atomic E-state index is 13.0. The number of rotatable bonds is 5. The Kier molecular flexibility index (Phi) is 5.94. The second-order valence-corrected chi connectivity index (χ2v) is 6.83. The van der Waals surface area contributed by atoms with Gasteiger partial charge in [0.2, 0.25) is 11.8 Å². The highest BCUT2D eigenvalue weighted by atomic mass is 35.5. The van der Waals surface area contributed by atoms with Crippen molar-refractivity contribution in [2.75, 3.05) is 36.3 Å². The smallest absolute Gasteiger partial charge is 0.246 e. The van der Waals surface area contributed by atoms with Crippen LogP contribution in [0.25, 0.3) is 0 Å². The Morgan fingerprint density at radius 1 is 1.25 bits per heavy atom.